The van der Waals surface area contributed by atoms with E-state index in [1.54, 1.807) is 0 Å². The fourth-order valence-electron chi connectivity index (χ4n) is 2.44. The molecule has 0 bridgehead atoms. The number of amidine groups is 1. The van der Waals surface area contributed by atoms with Gasteiger partial charge in [-0.3, -0.25) is 4.99 Å². The molecule has 4 heteroatoms. The van der Waals surface area contributed by atoms with Crippen molar-refractivity contribution in [2.45, 2.75) is 46.5 Å². The Morgan fingerprint density at radius 1 is 1.15 bits per heavy atom. The quantitative estimate of drug-likeness (QED) is 0.814. The zero-order chi connectivity index (χ0) is 13.3. The molecule has 2 nitrogen and oxygen atoms in total. The van der Waals surface area contributed by atoms with Gasteiger partial charge in [-0.2, -0.15) is 0 Å². The maximum absolute atomic E-state index is 4.49. The van der Waals surface area contributed by atoms with E-state index < -0.39 is 0 Å². The fraction of sp³-hybridized carbons (Fsp3) is 0.562. The summed E-state index contributed by atoms with van der Waals surface area (Å²) in [6.07, 6.45) is 0.947. The summed E-state index contributed by atoms with van der Waals surface area (Å²) in [6, 6.07) is 4.66. The van der Waals surface area contributed by atoms with Crippen LogP contribution in [0.5, 0.6) is 0 Å². The number of halogens is 1. The van der Waals surface area contributed by atoms with Crippen LogP contribution >= 0.6 is 12.4 Å². The van der Waals surface area contributed by atoms with Crippen molar-refractivity contribution in [2.24, 2.45) is 4.99 Å². The first-order valence-electron chi connectivity index (χ1n) is 6.76. The van der Waals surface area contributed by atoms with Crippen LogP contribution in [0, 0.1) is 13.8 Å². The first kappa shape index (κ1) is 19.6. The molecule has 1 aliphatic heterocycles. The van der Waals surface area contributed by atoms with Gasteiger partial charge < -0.3 is 5.32 Å². The molecule has 106 valence electrons. The third-order valence-corrected chi connectivity index (χ3v) is 3.65. The second-order valence-electron chi connectivity index (χ2n) is 6.27. The van der Waals surface area contributed by atoms with Gasteiger partial charge >= 0.3 is 19.5 Å². The number of rotatable bonds is 2. The standard InChI is InChI=1S/C16H24N2.ClH.Zn/c1-11-8-13(16(3,4)5)9-12(2)14(11)10-15-17-6-7-18-15;;/h8-9H,6-7,10H2,1-5H3,(H,17,18);1H;/q;;+2. The van der Waals surface area contributed by atoms with E-state index in [0.29, 0.717) is 0 Å². The molecule has 0 spiro atoms. The molecule has 0 saturated heterocycles. The zero-order valence-electron chi connectivity index (χ0n) is 13.3. The Bertz CT molecular complexity index is 467. The Labute approximate surface area is 142 Å². The normalized spacial score (nSPS) is 13.9. The largest absolute Gasteiger partial charge is 2.00 e. The summed E-state index contributed by atoms with van der Waals surface area (Å²) in [5, 5.41) is 3.35. The third kappa shape index (κ3) is 4.57. The fourth-order valence-corrected chi connectivity index (χ4v) is 2.44. The van der Waals surface area contributed by atoms with Crippen LogP contribution in [0.15, 0.2) is 17.1 Å². The minimum atomic E-state index is 0. The van der Waals surface area contributed by atoms with Gasteiger partial charge in [0.15, 0.2) is 0 Å². The number of hydrogen-bond acceptors (Lipinski definition) is 2. The van der Waals surface area contributed by atoms with Crippen molar-refractivity contribution in [1.29, 1.82) is 0 Å². The van der Waals surface area contributed by atoms with Gasteiger partial charge in [0, 0.05) is 13.0 Å². The van der Waals surface area contributed by atoms with Crippen LogP contribution in [0.25, 0.3) is 0 Å². The van der Waals surface area contributed by atoms with E-state index in [1.807, 2.05) is 0 Å². The van der Waals surface area contributed by atoms with E-state index in [4.69, 9.17) is 0 Å². The molecule has 0 atom stereocenters. The van der Waals surface area contributed by atoms with Crippen LogP contribution in [-0.4, -0.2) is 18.9 Å². The van der Waals surface area contributed by atoms with Crippen molar-refractivity contribution in [2.75, 3.05) is 13.1 Å². The van der Waals surface area contributed by atoms with Gasteiger partial charge in [-0.25, -0.2) is 0 Å². The Morgan fingerprint density at radius 3 is 2.10 bits per heavy atom. The summed E-state index contributed by atoms with van der Waals surface area (Å²) in [4.78, 5) is 4.49. The van der Waals surface area contributed by atoms with Gasteiger partial charge in [-0.15, -0.1) is 12.4 Å². The molecule has 0 radical (unpaired) electrons. The van der Waals surface area contributed by atoms with E-state index in [0.717, 1.165) is 25.3 Å². The summed E-state index contributed by atoms with van der Waals surface area (Å²) in [6.45, 7) is 13.2. The van der Waals surface area contributed by atoms with E-state index in [1.165, 1.54) is 22.3 Å². The maximum atomic E-state index is 4.49. The average Bonchev–Trinajstić information content (AvgIpc) is 2.74. The molecular formula is C16H25ClN2Zn+2. The summed E-state index contributed by atoms with van der Waals surface area (Å²) < 4.78 is 0. The SMILES string of the molecule is Cc1cc(C(C)(C)C)cc(C)c1CC1=NCCN1.Cl.[Zn+2]. The van der Waals surface area contributed by atoms with E-state index >= 15 is 0 Å². The average molecular weight is 346 g/mol. The molecule has 0 aromatic heterocycles. The van der Waals surface area contributed by atoms with Crippen molar-refractivity contribution in [3.05, 3.63) is 34.4 Å². The summed E-state index contributed by atoms with van der Waals surface area (Å²) in [5.74, 6) is 1.14. The molecule has 20 heavy (non-hydrogen) atoms. The minimum absolute atomic E-state index is 0. The Hall–Kier alpha value is -0.397. The second-order valence-corrected chi connectivity index (χ2v) is 6.27. The van der Waals surface area contributed by atoms with Gasteiger partial charge in [-0.1, -0.05) is 32.9 Å². The molecule has 0 aliphatic carbocycles. The molecule has 1 aromatic rings. The monoisotopic (exact) mass is 344 g/mol. The number of nitrogens with zero attached hydrogens (tertiary/aromatic N) is 1. The van der Waals surface area contributed by atoms with E-state index in [-0.39, 0.29) is 37.3 Å². The van der Waals surface area contributed by atoms with E-state index in [9.17, 15) is 0 Å². The molecule has 1 aromatic carbocycles. The Morgan fingerprint density at radius 2 is 1.70 bits per heavy atom. The predicted molar refractivity (Wildman–Crippen MR) is 85.9 cm³/mol. The number of benzene rings is 1. The number of aryl methyl sites for hydroxylation is 2. The molecule has 2 rings (SSSR count). The van der Waals surface area contributed by atoms with Crippen LogP contribution in [0.2, 0.25) is 0 Å². The third-order valence-electron chi connectivity index (χ3n) is 3.65. The smallest absolute Gasteiger partial charge is 0.372 e. The molecule has 0 amide bonds. The summed E-state index contributed by atoms with van der Waals surface area (Å²) in [5.41, 5.74) is 5.84. The van der Waals surface area contributed by atoms with Crippen LogP contribution in [0.3, 0.4) is 0 Å². The Balaban J connectivity index is 0.00000180. The van der Waals surface area contributed by atoms with Crippen LogP contribution < -0.4 is 5.32 Å². The van der Waals surface area contributed by atoms with Crippen molar-refractivity contribution in [3.63, 3.8) is 0 Å². The molecule has 0 fully saturated rings. The molecule has 1 N–H and O–H groups in total. The summed E-state index contributed by atoms with van der Waals surface area (Å²) in [7, 11) is 0. The van der Waals surface area contributed by atoms with Crippen molar-refractivity contribution in [1.82, 2.24) is 5.32 Å². The molecule has 1 heterocycles. The first-order valence-corrected chi connectivity index (χ1v) is 6.76. The van der Waals surface area contributed by atoms with Crippen molar-refractivity contribution >= 4 is 18.2 Å². The van der Waals surface area contributed by atoms with Gasteiger partial charge in [0.05, 0.1) is 6.54 Å². The zero-order valence-corrected chi connectivity index (χ0v) is 17.1. The maximum Gasteiger partial charge on any atom is 2.00 e. The molecular weight excluding hydrogens is 321 g/mol. The Kier molecular flexibility index (Phi) is 7.42. The molecule has 1 aliphatic rings. The van der Waals surface area contributed by atoms with E-state index in [2.05, 4.69) is 57.1 Å². The number of hydrogen-bond donors (Lipinski definition) is 1. The van der Waals surface area contributed by atoms with Crippen molar-refractivity contribution < 1.29 is 19.5 Å². The van der Waals surface area contributed by atoms with Crippen LogP contribution in [-0.2, 0) is 31.3 Å². The first-order chi connectivity index (χ1) is 8.38. The van der Waals surface area contributed by atoms with Gasteiger partial charge in [0.25, 0.3) is 0 Å². The van der Waals surface area contributed by atoms with Gasteiger partial charge in [0.2, 0.25) is 0 Å². The minimum Gasteiger partial charge on any atom is -0.372 e. The van der Waals surface area contributed by atoms with Gasteiger partial charge in [0.1, 0.15) is 5.84 Å². The second kappa shape index (κ2) is 7.57. The predicted octanol–water partition coefficient (Wildman–Crippen LogP) is 3.56. The topological polar surface area (TPSA) is 24.4 Å². The van der Waals surface area contributed by atoms with Crippen LogP contribution in [0.1, 0.15) is 43.0 Å². The van der Waals surface area contributed by atoms with Crippen molar-refractivity contribution in [3.8, 4) is 0 Å². The summed E-state index contributed by atoms with van der Waals surface area (Å²) >= 11 is 0. The number of nitrogens with one attached hydrogen (secondary N) is 1. The van der Waals surface area contributed by atoms with Crippen LogP contribution in [0.4, 0.5) is 0 Å². The molecule has 0 unspecified atom stereocenters. The van der Waals surface area contributed by atoms with Gasteiger partial charge in [-0.05, 0) is 41.5 Å². The number of aliphatic imine (C=N–C) groups is 1. The molecule has 0 saturated carbocycles.